The number of rotatable bonds is 4. The summed E-state index contributed by atoms with van der Waals surface area (Å²) in [5.74, 6) is 0.546. The van der Waals surface area contributed by atoms with Crippen molar-refractivity contribution in [1.82, 2.24) is 15.2 Å². The fraction of sp³-hybridized carbons (Fsp3) is 0.0909. The van der Waals surface area contributed by atoms with Crippen molar-refractivity contribution in [2.24, 2.45) is 5.10 Å². The van der Waals surface area contributed by atoms with E-state index in [2.05, 4.69) is 41.6 Å². The molecule has 0 saturated carbocycles. The molecule has 0 aliphatic rings. The van der Waals surface area contributed by atoms with Crippen molar-refractivity contribution in [3.05, 3.63) is 38.9 Å². The Hall–Kier alpha value is -2.42. The minimum Gasteiger partial charge on any atom is -0.503 e. The summed E-state index contributed by atoms with van der Waals surface area (Å²) in [7, 11) is 1.45. The van der Waals surface area contributed by atoms with E-state index in [1.807, 2.05) is 0 Å². The van der Waals surface area contributed by atoms with E-state index in [-0.39, 0.29) is 11.6 Å². The largest absolute Gasteiger partial charge is 0.503 e. The highest BCUT2D eigenvalue weighted by molar-refractivity contribution is 9.10. The Morgan fingerprint density at radius 2 is 2.35 bits per heavy atom. The van der Waals surface area contributed by atoms with Crippen molar-refractivity contribution in [3.8, 4) is 11.5 Å². The third kappa shape index (κ3) is 3.32. The number of aromatic hydroxyl groups is 1. The third-order valence-electron chi connectivity index (χ3n) is 2.23. The van der Waals surface area contributed by atoms with Gasteiger partial charge in [-0.25, -0.2) is 9.89 Å². The van der Waals surface area contributed by atoms with Crippen molar-refractivity contribution in [2.75, 3.05) is 12.5 Å². The fourth-order valence-electron chi connectivity index (χ4n) is 1.36. The number of hydrogen-bond donors (Lipinski definition) is 3. The van der Waals surface area contributed by atoms with Gasteiger partial charge in [0.15, 0.2) is 17.3 Å². The van der Waals surface area contributed by atoms with Gasteiger partial charge in [-0.3, -0.25) is 5.43 Å². The van der Waals surface area contributed by atoms with Crippen molar-refractivity contribution in [3.63, 3.8) is 0 Å². The number of aromatic amines is 1. The van der Waals surface area contributed by atoms with Crippen LogP contribution in [0.15, 0.2) is 32.7 Å². The van der Waals surface area contributed by atoms with Gasteiger partial charge in [0.1, 0.15) is 0 Å². The number of nitrogens with zero attached hydrogens (tertiary/aromatic N) is 3. The molecule has 0 amide bonds. The minimum absolute atomic E-state index is 0.0121. The first-order valence-corrected chi connectivity index (χ1v) is 6.16. The molecule has 0 unspecified atom stereocenters. The number of hydrazone groups is 1. The number of hydrogen-bond acceptors (Lipinski definition) is 7. The van der Waals surface area contributed by atoms with Gasteiger partial charge in [-0.05, 0) is 33.6 Å². The number of phenolic OH excluding ortho intramolecular Hbond substituents is 1. The van der Waals surface area contributed by atoms with Crippen LogP contribution in [0.5, 0.6) is 11.5 Å². The monoisotopic (exact) mass is 339 g/mol. The van der Waals surface area contributed by atoms with E-state index in [0.717, 1.165) is 0 Å². The summed E-state index contributed by atoms with van der Waals surface area (Å²) in [6.45, 7) is 0. The fourth-order valence-corrected chi connectivity index (χ4v) is 1.82. The van der Waals surface area contributed by atoms with E-state index in [0.29, 0.717) is 15.8 Å². The van der Waals surface area contributed by atoms with Crippen LogP contribution in [0.1, 0.15) is 5.56 Å². The van der Waals surface area contributed by atoms with Gasteiger partial charge in [-0.2, -0.15) is 15.2 Å². The molecular weight excluding hydrogens is 330 g/mol. The Morgan fingerprint density at radius 3 is 3.05 bits per heavy atom. The van der Waals surface area contributed by atoms with E-state index < -0.39 is 5.69 Å². The zero-order chi connectivity index (χ0) is 14.5. The van der Waals surface area contributed by atoms with Crippen LogP contribution >= 0.6 is 15.9 Å². The topological polar surface area (TPSA) is 112 Å². The van der Waals surface area contributed by atoms with Gasteiger partial charge in [0, 0.05) is 0 Å². The number of halogens is 1. The highest BCUT2D eigenvalue weighted by atomic mass is 79.9. The SMILES string of the molecule is COc1cc(/C=N/Nc2cn[nH]c(=O)n2)cc(Br)c1O. The second-order valence-electron chi connectivity index (χ2n) is 3.60. The first-order chi connectivity index (χ1) is 9.60. The Bertz CT molecular complexity index is 701. The van der Waals surface area contributed by atoms with E-state index in [1.165, 1.54) is 19.5 Å². The number of phenols is 1. The molecule has 1 aromatic heterocycles. The van der Waals surface area contributed by atoms with E-state index >= 15 is 0 Å². The van der Waals surface area contributed by atoms with Gasteiger partial charge in [0.2, 0.25) is 0 Å². The van der Waals surface area contributed by atoms with Gasteiger partial charge in [0.25, 0.3) is 0 Å². The number of nitrogens with one attached hydrogen (secondary N) is 2. The van der Waals surface area contributed by atoms with Crippen LogP contribution in [0, 0.1) is 0 Å². The molecular formula is C11H10BrN5O3. The summed E-state index contributed by atoms with van der Waals surface area (Å²) in [5, 5.41) is 19.3. The number of benzene rings is 1. The summed E-state index contributed by atoms with van der Waals surface area (Å²) in [6, 6.07) is 3.27. The average Bonchev–Trinajstić information content (AvgIpc) is 2.42. The second-order valence-corrected chi connectivity index (χ2v) is 4.45. The average molecular weight is 340 g/mol. The molecule has 1 heterocycles. The van der Waals surface area contributed by atoms with Gasteiger partial charge in [-0.15, -0.1) is 0 Å². The summed E-state index contributed by atoms with van der Waals surface area (Å²) in [4.78, 5) is 14.5. The molecule has 2 aromatic rings. The van der Waals surface area contributed by atoms with Crippen LogP contribution < -0.4 is 15.9 Å². The zero-order valence-corrected chi connectivity index (χ0v) is 11.9. The highest BCUT2D eigenvalue weighted by Gasteiger charge is 2.07. The van der Waals surface area contributed by atoms with Crippen LogP contribution in [-0.4, -0.2) is 33.6 Å². The predicted octanol–water partition coefficient (Wildman–Crippen LogP) is 1.09. The maximum atomic E-state index is 10.9. The molecule has 1 aromatic carbocycles. The van der Waals surface area contributed by atoms with Crippen molar-refractivity contribution >= 4 is 28.0 Å². The molecule has 0 bridgehead atoms. The lowest BCUT2D eigenvalue weighted by Gasteiger charge is -2.06. The molecule has 0 radical (unpaired) electrons. The maximum absolute atomic E-state index is 10.9. The molecule has 0 spiro atoms. The maximum Gasteiger partial charge on any atom is 0.363 e. The molecule has 104 valence electrons. The van der Waals surface area contributed by atoms with Crippen LogP contribution in [0.2, 0.25) is 0 Å². The molecule has 0 saturated heterocycles. The van der Waals surface area contributed by atoms with Crippen molar-refractivity contribution in [2.45, 2.75) is 0 Å². The standard InChI is InChI=1S/C11H10BrN5O3/c1-20-8-3-6(2-7(12)10(8)18)4-13-16-9-5-14-17-11(19)15-9/h2-5,18H,1H3,(H2,15,16,17,19)/b13-4+. The van der Waals surface area contributed by atoms with Gasteiger partial charge >= 0.3 is 5.69 Å². The number of ether oxygens (including phenoxy) is 1. The minimum atomic E-state index is -0.570. The van der Waals surface area contributed by atoms with Crippen molar-refractivity contribution < 1.29 is 9.84 Å². The van der Waals surface area contributed by atoms with E-state index in [1.54, 1.807) is 12.1 Å². The van der Waals surface area contributed by atoms with Crippen LogP contribution in [0.3, 0.4) is 0 Å². The number of anilines is 1. The lowest BCUT2D eigenvalue weighted by atomic mass is 10.2. The molecule has 0 aliphatic carbocycles. The molecule has 9 heteroatoms. The normalized spacial score (nSPS) is 10.7. The molecule has 0 aliphatic heterocycles. The summed E-state index contributed by atoms with van der Waals surface area (Å²) < 4.78 is 5.50. The molecule has 0 atom stereocenters. The third-order valence-corrected chi connectivity index (χ3v) is 2.84. The van der Waals surface area contributed by atoms with Crippen LogP contribution in [-0.2, 0) is 0 Å². The molecule has 8 nitrogen and oxygen atoms in total. The smallest absolute Gasteiger partial charge is 0.363 e. The molecule has 0 fully saturated rings. The van der Waals surface area contributed by atoms with Crippen LogP contribution in [0.4, 0.5) is 5.82 Å². The lowest BCUT2D eigenvalue weighted by Crippen LogP contribution is -2.13. The van der Waals surface area contributed by atoms with Crippen molar-refractivity contribution in [1.29, 1.82) is 0 Å². The number of aromatic nitrogens is 3. The Balaban J connectivity index is 2.16. The quantitative estimate of drug-likeness (QED) is 0.567. The molecule has 3 N–H and O–H groups in total. The Kier molecular flexibility index (Phi) is 4.31. The summed E-state index contributed by atoms with van der Waals surface area (Å²) in [5.41, 5.74) is 2.67. The van der Waals surface area contributed by atoms with Gasteiger partial charge in [-0.1, -0.05) is 0 Å². The van der Waals surface area contributed by atoms with E-state index in [4.69, 9.17) is 4.74 Å². The Morgan fingerprint density at radius 1 is 1.55 bits per heavy atom. The molecule has 20 heavy (non-hydrogen) atoms. The highest BCUT2D eigenvalue weighted by Crippen LogP contribution is 2.34. The van der Waals surface area contributed by atoms with Gasteiger partial charge in [0.05, 0.1) is 24.0 Å². The van der Waals surface area contributed by atoms with E-state index in [9.17, 15) is 9.90 Å². The Labute approximate surface area is 121 Å². The predicted molar refractivity (Wildman–Crippen MR) is 76.2 cm³/mol. The zero-order valence-electron chi connectivity index (χ0n) is 10.3. The summed E-state index contributed by atoms with van der Waals surface area (Å²) >= 11 is 3.20. The van der Waals surface area contributed by atoms with Crippen LogP contribution in [0.25, 0.3) is 0 Å². The lowest BCUT2D eigenvalue weighted by molar-refractivity contribution is 0.372. The summed E-state index contributed by atoms with van der Waals surface area (Å²) in [6.07, 6.45) is 2.81. The first kappa shape index (κ1) is 14.0. The molecule has 2 rings (SSSR count). The number of H-pyrrole nitrogens is 1. The number of methoxy groups -OCH3 is 1. The first-order valence-electron chi connectivity index (χ1n) is 5.37. The second kappa shape index (κ2) is 6.15. The van der Waals surface area contributed by atoms with Gasteiger partial charge < -0.3 is 9.84 Å².